The predicted molar refractivity (Wildman–Crippen MR) is 48.7 cm³/mol. The van der Waals surface area contributed by atoms with Crippen molar-refractivity contribution < 1.29 is 4.79 Å². The van der Waals surface area contributed by atoms with Crippen LogP contribution in [0.25, 0.3) is 0 Å². The number of anilines is 1. The lowest BCUT2D eigenvalue weighted by molar-refractivity contribution is -0.116. The van der Waals surface area contributed by atoms with Crippen LogP contribution in [-0.4, -0.2) is 11.9 Å². The summed E-state index contributed by atoms with van der Waals surface area (Å²) in [6.07, 6.45) is 0. The first-order valence-electron chi connectivity index (χ1n) is 3.75. The van der Waals surface area contributed by atoms with Crippen LogP contribution in [0.4, 0.5) is 5.69 Å². The highest BCUT2D eigenvalue weighted by molar-refractivity contribution is 5.96. The van der Waals surface area contributed by atoms with Crippen molar-refractivity contribution in [1.82, 2.24) is 0 Å². The number of para-hydroxylation sites is 1. The molecule has 0 heterocycles. The van der Waals surface area contributed by atoms with Gasteiger partial charge in [0, 0.05) is 5.69 Å². The molecule has 66 valence electrons. The Morgan fingerprint density at radius 2 is 2.08 bits per heavy atom. The predicted octanol–water partition coefficient (Wildman–Crippen LogP) is 0.476. The summed E-state index contributed by atoms with van der Waals surface area (Å²) in [6, 6.07) is 9.39. The molecule has 0 bridgehead atoms. The number of carbonyl (C=O) groups excluding carboxylic acids is 1. The fourth-order valence-corrected chi connectivity index (χ4v) is 0.800. The van der Waals surface area contributed by atoms with Gasteiger partial charge in [-0.05, 0) is 12.1 Å². The number of nitriles is 1. The molecule has 0 unspecified atom stereocenters. The Morgan fingerprint density at radius 3 is 2.62 bits per heavy atom. The topological polar surface area (TPSA) is 78.9 Å². The van der Waals surface area contributed by atoms with Gasteiger partial charge in [0.2, 0.25) is 0 Å². The Balaban J connectivity index is 2.62. The van der Waals surface area contributed by atoms with Crippen molar-refractivity contribution in [1.29, 1.82) is 5.26 Å². The minimum atomic E-state index is -1.11. The molecule has 0 aliphatic carbocycles. The van der Waals surface area contributed by atoms with Crippen molar-refractivity contribution in [3.63, 3.8) is 0 Å². The zero-order chi connectivity index (χ0) is 9.68. The highest BCUT2D eigenvalue weighted by Gasteiger charge is 2.11. The Bertz CT molecular complexity index is 328. The number of hydrogen-bond donors (Lipinski definition) is 2. The lowest BCUT2D eigenvalue weighted by Gasteiger charge is -2.04. The summed E-state index contributed by atoms with van der Waals surface area (Å²) in [5, 5.41) is 10.9. The van der Waals surface area contributed by atoms with Gasteiger partial charge in [-0.3, -0.25) is 4.79 Å². The van der Waals surface area contributed by atoms with E-state index in [1.54, 1.807) is 30.3 Å². The monoisotopic (exact) mass is 175 g/mol. The molecule has 0 spiro atoms. The van der Waals surface area contributed by atoms with Crippen LogP contribution in [0.5, 0.6) is 0 Å². The maximum absolute atomic E-state index is 11.1. The number of amides is 1. The second kappa shape index (κ2) is 4.24. The second-order valence-electron chi connectivity index (χ2n) is 2.46. The molecule has 0 aliphatic heterocycles. The maximum Gasteiger partial charge on any atom is 0.255 e. The Hall–Kier alpha value is -1.86. The molecule has 1 aromatic carbocycles. The standard InChI is InChI=1S/C9H9N3O/c10-6-8(11)9(13)12-7-4-2-1-3-5-7/h1-5,8H,11H2,(H,12,13)/t8-/m0/s1. The number of nitrogens with one attached hydrogen (secondary N) is 1. The van der Waals surface area contributed by atoms with Crippen LogP contribution < -0.4 is 11.1 Å². The van der Waals surface area contributed by atoms with Gasteiger partial charge in [0.15, 0.2) is 6.04 Å². The molecule has 13 heavy (non-hydrogen) atoms. The van der Waals surface area contributed by atoms with Gasteiger partial charge in [-0.1, -0.05) is 18.2 Å². The molecule has 0 saturated heterocycles. The first-order valence-corrected chi connectivity index (χ1v) is 3.75. The lowest BCUT2D eigenvalue weighted by atomic mass is 10.3. The van der Waals surface area contributed by atoms with E-state index in [0.717, 1.165) is 0 Å². The second-order valence-corrected chi connectivity index (χ2v) is 2.46. The Labute approximate surface area is 76.0 Å². The number of rotatable bonds is 2. The summed E-state index contributed by atoms with van der Waals surface area (Å²) in [4.78, 5) is 11.1. The highest BCUT2D eigenvalue weighted by Crippen LogP contribution is 2.04. The van der Waals surface area contributed by atoms with E-state index in [1.165, 1.54) is 0 Å². The van der Waals surface area contributed by atoms with Crippen molar-refractivity contribution in [3.8, 4) is 6.07 Å². The molecule has 0 radical (unpaired) electrons. The van der Waals surface area contributed by atoms with Gasteiger partial charge < -0.3 is 11.1 Å². The van der Waals surface area contributed by atoms with E-state index in [-0.39, 0.29) is 0 Å². The van der Waals surface area contributed by atoms with Crippen molar-refractivity contribution in [2.45, 2.75) is 6.04 Å². The van der Waals surface area contributed by atoms with E-state index in [1.807, 2.05) is 6.07 Å². The minimum absolute atomic E-state index is 0.492. The van der Waals surface area contributed by atoms with E-state index in [2.05, 4.69) is 5.32 Å². The first kappa shape index (κ1) is 9.23. The summed E-state index contributed by atoms with van der Waals surface area (Å²) in [7, 11) is 0. The maximum atomic E-state index is 11.1. The Kier molecular flexibility index (Phi) is 3.01. The molecule has 4 nitrogen and oxygen atoms in total. The fraction of sp³-hybridized carbons (Fsp3) is 0.111. The van der Waals surface area contributed by atoms with Crippen LogP contribution in [0.3, 0.4) is 0 Å². The molecule has 1 rings (SSSR count). The zero-order valence-electron chi connectivity index (χ0n) is 6.90. The van der Waals surface area contributed by atoms with E-state index >= 15 is 0 Å². The number of hydrogen-bond acceptors (Lipinski definition) is 3. The molecule has 4 heteroatoms. The summed E-state index contributed by atoms with van der Waals surface area (Å²) in [6.45, 7) is 0. The van der Waals surface area contributed by atoms with Crippen molar-refractivity contribution in [2.24, 2.45) is 5.73 Å². The van der Waals surface area contributed by atoms with Crippen LogP contribution in [-0.2, 0) is 4.79 Å². The third kappa shape index (κ3) is 2.58. The van der Waals surface area contributed by atoms with E-state index in [9.17, 15) is 4.79 Å². The average Bonchev–Trinajstić information content (AvgIpc) is 2.18. The molecule has 0 fully saturated rings. The summed E-state index contributed by atoms with van der Waals surface area (Å²) in [5.74, 6) is -0.492. The van der Waals surface area contributed by atoms with Gasteiger partial charge in [-0.25, -0.2) is 0 Å². The molecule has 0 saturated carbocycles. The smallest absolute Gasteiger partial charge is 0.255 e. The molecule has 0 aromatic heterocycles. The first-order chi connectivity index (χ1) is 6.24. The summed E-state index contributed by atoms with van der Waals surface area (Å²) in [5.41, 5.74) is 5.83. The van der Waals surface area contributed by atoms with Crippen LogP contribution >= 0.6 is 0 Å². The summed E-state index contributed by atoms with van der Waals surface area (Å²) < 4.78 is 0. The minimum Gasteiger partial charge on any atom is -0.324 e. The lowest BCUT2D eigenvalue weighted by Crippen LogP contribution is -2.33. The van der Waals surface area contributed by atoms with Crippen LogP contribution in [0, 0.1) is 11.3 Å². The largest absolute Gasteiger partial charge is 0.324 e. The van der Waals surface area contributed by atoms with Crippen LogP contribution in [0.2, 0.25) is 0 Å². The normalized spacial score (nSPS) is 11.4. The SMILES string of the molecule is N#C[C@H](N)C(=O)Nc1ccccc1. The number of nitrogens with zero attached hydrogens (tertiary/aromatic N) is 1. The van der Waals surface area contributed by atoms with Crippen molar-refractivity contribution in [3.05, 3.63) is 30.3 Å². The average molecular weight is 175 g/mol. The van der Waals surface area contributed by atoms with Gasteiger partial charge >= 0.3 is 0 Å². The number of carbonyl (C=O) groups is 1. The number of benzene rings is 1. The van der Waals surface area contributed by atoms with E-state index in [0.29, 0.717) is 5.69 Å². The highest BCUT2D eigenvalue weighted by atomic mass is 16.2. The molecule has 0 aliphatic rings. The molecular weight excluding hydrogens is 166 g/mol. The van der Waals surface area contributed by atoms with Crippen molar-refractivity contribution >= 4 is 11.6 Å². The quantitative estimate of drug-likeness (QED) is 0.686. The zero-order valence-corrected chi connectivity index (χ0v) is 6.90. The van der Waals surface area contributed by atoms with Crippen LogP contribution in [0.1, 0.15) is 0 Å². The molecule has 1 atom stereocenters. The van der Waals surface area contributed by atoms with Gasteiger partial charge in [0.1, 0.15) is 0 Å². The van der Waals surface area contributed by atoms with Crippen LogP contribution in [0.15, 0.2) is 30.3 Å². The molecule has 3 N–H and O–H groups in total. The Morgan fingerprint density at radius 1 is 1.46 bits per heavy atom. The van der Waals surface area contributed by atoms with E-state index in [4.69, 9.17) is 11.0 Å². The van der Waals surface area contributed by atoms with Crippen molar-refractivity contribution in [2.75, 3.05) is 5.32 Å². The van der Waals surface area contributed by atoms with Gasteiger partial charge in [0.25, 0.3) is 5.91 Å². The van der Waals surface area contributed by atoms with Gasteiger partial charge in [0.05, 0.1) is 6.07 Å². The molecular formula is C9H9N3O. The molecule has 1 aromatic rings. The third-order valence-corrected chi connectivity index (χ3v) is 1.46. The number of nitrogens with two attached hydrogens (primary N) is 1. The molecule has 1 amide bonds. The summed E-state index contributed by atoms with van der Waals surface area (Å²) >= 11 is 0. The fourth-order valence-electron chi connectivity index (χ4n) is 0.800. The van der Waals surface area contributed by atoms with Gasteiger partial charge in [-0.15, -0.1) is 0 Å². The van der Waals surface area contributed by atoms with E-state index < -0.39 is 11.9 Å². The van der Waals surface area contributed by atoms with Gasteiger partial charge in [-0.2, -0.15) is 5.26 Å². The third-order valence-electron chi connectivity index (χ3n) is 1.46.